The fourth-order valence-electron chi connectivity index (χ4n) is 3.72. The fourth-order valence-corrected chi connectivity index (χ4v) is 3.97. The average Bonchev–Trinajstić information content (AvgIpc) is 3.34. The van der Waals surface area contributed by atoms with Crippen molar-refractivity contribution in [3.63, 3.8) is 0 Å². The van der Waals surface area contributed by atoms with Crippen LogP contribution in [-0.2, 0) is 13.1 Å². The van der Waals surface area contributed by atoms with Gasteiger partial charge in [-0.25, -0.2) is 0 Å². The molecule has 3 aromatic rings. The van der Waals surface area contributed by atoms with E-state index < -0.39 is 0 Å². The summed E-state index contributed by atoms with van der Waals surface area (Å²) in [6, 6.07) is 11.5. The average molecular weight is 456 g/mol. The number of piperazine rings is 1. The van der Waals surface area contributed by atoms with Crippen LogP contribution in [-0.4, -0.2) is 76.3 Å². The van der Waals surface area contributed by atoms with Crippen molar-refractivity contribution in [2.45, 2.75) is 13.1 Å². The summed E-state index contributed by atoms with van der Waals surface area (Å²) in [5, 5.41) is 14.4. The second-order valence-corrected chi connectivity index (χ2v) is 8.25. The van der Waals surface area contributed by atoms with E-state index in [-0.39, 0.29) is 5.91 Å². The quantitative estimate of drug-likeness (QED) is 0.583. The van der Waals surface area contributed by atoms with Crippen LogP contribution in [0.1, 0.15) is 21.5 Å². The number of hydrogen-bond acceptors (Lipinski definition) is 7. The molecule has 4 rings (SSSR count). The summed E-state index contributed by atoms with van der Waals surface area (Å²) in [6.07, 6.45) is 1.43. The highest BCUT2D eigenvalue weighted by atomic mass is 35.5. The van der Waals surface area contributed by atoms with E-state index in [1.54, 1.807) is 12.1 Å². The van der Waals surface area contributed by atoms with Crippen molar-refractivity contribution in [3.8, 4) is 11.4 Å². The molecule has 0 bridgehead atoms. The van der Waals surface area contributed by atoms with Crippen LogP contribution < -0.4 is 10.1 Å². The van der Waals surface area contributed by atoms with Crippen molar-refractivity contribution in [1.82, 2.24) is 35.3 Å². The lowest BCUT2D eigenvalue weighted by Crippen LogP contribution is -2.43. The van der Waals surface area contributed by atoms with E-state index in [4.69, 9.17) is 16.3 Å². The Morgan fingerprint density at radius 2 is 1.94 bits per heavy atom. The topological polar surface area (TPSA) is 88.4 Å². The minimum atomic E-state index is -0.267. The number of halogens is 1. The number of rotatable bonds is 7. The molecule has 0 spiro atoms. The molecule has 0 saturated carbocycles. The van der Waals surface area contributed by atoms with Crippen molar-refractivity contribution in [2.24, 2.45) is 0 Å². The van der Waals surface area contributed by atoms with Crippen LogP contribution in [0.25, 0.3) is 5.69 Å². The highest BCUT2D eigenvalue weighted by molar-refractivity contribution is 6.33. The second kappa shape index (κ2) is 10.1. The Bertz CT molecular complexity index is 1070. The predicted octanol–water partition coefficient (Wildman–Crippen LogP) is 2.00. The summed E-state index contributed by atoms with van der Waals surface area (Å²) in [6.45, 7) is 5.64. The zero-order valence-corrected chi connectivity index (χ0v) is 18.9. The molecule has 1 saturated heterocycles. The van der Waals surface area contributed by atoms with Gasteiger partial charge < -0.3 is 15.0 Å². The van der Waals surface area contributed by atoms with Crippen molar-refractivity contribution in [2.75, 3.05) is 40.3 Å². The van der Waals surface area contributed by atoms with Crippen LogP contribution in [0.4, 0.5) is 0 Å². The number of nitrogens with one attached hydrogen (secondary N) is 1. The molecular weight excluding hydrogens is 430 g/mol. The Labute approximate surface area is 191 Å². The number of methoxy groups -OCH3 is 1. The maximum absolute atomic E-state index is 12.9. The molecule has 0 radical (unpaired) electrons. The molecule has 1 fully saturated rings. The molecular formula is C22H26ClN7O2. The predicted molar refractivity (Wildman–Crippen MR) is 121 cm³/mol. The third-order valence-electron chi connectivity index (χ3n) is 5.56. The van der Waals surface area contributed by atoms with Gasteiger partial charge >= 0.3 is 0 Å². The summed E-state index contributed by atoms with van der Waals surface area (Å²) >= 11 is 6.37. The van der Waals surface area contributed by atoms with E-state index in [1.165, 1.54) is 23.7 Å². The standard InChI is InChI=1S/C22H26ClN7O2/c1-28-6-8-29(9-7-28)14-17-5-3-4-16(10-17)13-24-22(31)18-11-19(23)20(12-21(18)32-2)30-15-25-26-27-30/h3-5,10-12,15H,6-9,13-14H2,1-2H3,(H,24,31). The van der Waals surface area contributed by atoms with E-state index in [0.717, 1.165) is 38.3 Å². The van der Waals surface area contributed by atoms with Gasteiger partial charge in [0.15, 0.2) is 0 Å². The van der Waals surface area contributed by atoms with Gasteiger partial charge in [-0.15, -0.1) is 5.10 Å². The lowest BCUT2D eigenvalue weighted by molar-refractivity contribution is 0.0948. The van der Waals surface area contributed by atoms with Gasteiger partial charge in [0, 0.05) is 45.3 Å². The number of likely N-dealkylation sites (N-methyl/N-ethyl adjacent to an activating group) is 1. The van der Waals surface area contributed by atoms with Crippen molar-refractivity contribution in [3.05, 3.63) is 64.4 Å². The number of carbonyl (C=O) groups is 1. The lowest BCUT2D eigenvalue weighted by atomic mass is 10.1. The van der Waals surface area contributed by atoms with Gasteiger partial charge in [0.2, 0.25) is 0 Å². The maximum atomic E-state index is 12.9. The number of carbonyl (C=O) groups excluding carboxylic acids is 1. The molecule has 1 aliphatic rings. The highest BCUT2D eigenvalue weighted by Crippen LogP contribution is 2.29. The first kappa shape index (κ1) is 22.2. The highest BCUT2D eigenvalue weighted by Gasteiger charge is 2.18. The van der Waals surface area contributed by atoms with E-state index in [1.807, 2.05) is 12.1 Å². The van der Waals surface area contributed by atoms with E-state index >= 15 is 0 Å². The number of ether oxygens (including phenoxy) is 1. The minimum Gasteiger partial charge on any atom is -0.496 e. The molecule has 0 aliphatic carbocycles. The zero-order valence-electron chi connectivity index (χ0n) is 18.2. The molecule has 0 atom stereocenters. The Morgan fingerprint density at radius 3 is 2.66 bits per heavy atom. The number of hydrogen-bond donors (Lipinski definition) is 1. The second-order valence-electron chi connectivity index (χ2n) is 7.84. The Balaban J connectivity index is 1.42. The van der Waals surface area contributed by atoms with Gasteiger partial charge in [-0.1, -0.05) is 35.9 Å². The van der Waals surface area contributed by atoms with Crippen LogP contribution in [0.5, 0.6) is 5.75 Å². The largest absolute Gasteiger partial charge is 0.496 e. The third kappa shape index (κ3) is 5.24. The van der Waals surface area contributed by atoms with Crippen molar-refractivity contribution in [1.29, 1.82) is 0 Å². The molecule has 1 N–H and O–H groups in total. The molecule has 1 amide bonds. The molecule has 2 heterocycles. The molecule has 2 aromatic carbocycles. The minimum absolute atomic E-state index is 0.267. The fraction of sp³-hybridized carbons (Fsp3) is 0.364. The van der Waals surface area contributed by atoms with Crippen LogP contribution in [0.15, 0.2) is 42.7 Å². The molecule has 0 unspecified atom stereocenters. The van der Waals surface area contributed by atoms with Crippen molar-refractivity contribution >= 4 is 17.5 Å². The third-order valence-corrected chi connectivity index (χ3v) is 5.86. The molecule has 10 heteroatoms. The van der Waals surface area contributed by atoms with Crippen LogP contribution in [0, 0.1) is 0 Å². The van der Waals surface area contributed by atoms with E-state index in [0.29, 0.717) is 28.6 Å². The molecule has 32 heavy (non-hydrogen) atoms. The van der Waals surface area contributed by atoms with E-state index in [9.17, 15) is 4.79 Å². The Hall–Kier alpha value is -3.01. The number of nitrogens with zero attached hydrogens (tertiary/aromatic N) is 6. The van der Waals surface area contributed by atoms with Gasteiger partial charge in [0.05, 0.1) is 23.4 Å². The monoisotopic (exact) mass is 455 g/mol. The maximum Gasteiger partial charge on any atom is 0.255 e. The van der Waals surface area contributed by atoms with Gasteiger partial charge in [0.1, 0.15) is 12.1 Å². The summed E-state index contributed by atoms with van der Waals surface area (Å²) in [5.41, 5.74) is 3.16. The lowest BCUT2D eigenvalue weighted by Gasteiger charge is -2.32. The summed E-state index contributed by atoms with van der Waals surface area (Å²) in [4.78, 5) is 17.7. The molecule has 1 aliphatic heterocycles. The van der Waals surface area contributed by atoms with Crippen LogP contribution in [0.2, 0.25) is 5.02 Å². The van der Waals surface area contributed by atoms with Crippen molar-refractivity contribution < 1.29 is 9.53 Å². The van der Waals surface area contributed by atoms with Crippen LogP contribution >= 0.6 is 11.6 Å². The first-order valence-corrected chi connectivity index (χ1v) is 10.8. The first-order valence-electron chi connectivity index (χ1n) is 10.4. The van der Waals surface area contributed by atoms with E-state index in [2.05, 4.69) is 49.8 Å². The van der Waals surface area contributed by atoms with Gasteiger partial charge in [-0.3, -0.25) is 9.69 Å². The molecule has 9 nitrogen and oxygen atoms in total. The normalized spacial score (nSPS) is 15.0. The van der Waals surface area contributed by atoms with Crippen LogP contribution in [0.3, 0.4) is 0 Å². The molecule has 1 aromatic heterocycles. The van der Waals surface area contributed by atoms with Gasteiger partial charge in [-0.2, -0.15) is 4.68 Å². The SMILES string of the molecule is COc1cc(-n2cnnn2)c(Cl)cc1C(=O)NCc1cccc(CN2CCN(C)CC2)c1. The number of benzene rings is 2. The summed E-state index contributed by atoms with van der Waals surface area (Å²) in [5.74, 6) is 0.123. The van der Waals surface area contributed by atoms with Gasteiger partial charge in [-0.05, 0) is 34.7 Å². The molecule has 168 valence electrons. The number of tetrazole rings is 1. The summed E-state index contributed by atoms with van der Waals surface area (Å²) < 4.78 is 6.83. The van der Waals surface area contributed by atoms with Gasteiger partial charge in [0.25, 0.3) is 5.91 Å². The summed E-state index contributed by atoms with van der Waals surface area (Å²) in [7, 11) is 3.66. The smallest absolute Gasteiger partial charge is 0.255 e. The Morgan fingerprint density at radius 1 is 1.16 bits per heavy atom. The first-order chi connectivity index (χ1) is 15.5. The number of amides is 1. The zero-order chi connectivity index (χ0) is 22.5. The Kier molecular flexibility index (Phi) is 6.99. The number of aromatic nitrogens is 4.